The van der Waals surface area contributed by atoms with Crippen LogP contribution in [0.2, 0.25) is 0 Å². The molecule has 2 heterocycles. The highest BCUT2D eigenvalue weighted by Gasteiger charge is 2.28. The first-order chi connectivity index (χ1) is 14.5. The molecule has 30 heavy (non-hydrogen) atoms. The monoisotopic (exact) mass is 402 g/mol. The number of hydrogen-bond donors (Lipinski definition) is 1. The predicted molar refractivity (Wildman–Crippen MR) is 113 cm³/mol. The van der Waals surface area contributed by atoms with Gasteiger partial charge in [-0.3, -0.25) is 14.3 Å². The number of carbonyl (C=O) groups excluding carboxylic acids is 2. The molecule has 1 aliphatic heterocycles. The minimum absolute atomic E-state index is 0.0126. The molecule has 0 bridgehead atoms. The van der Waals surface area contributed by atoms with E-state index in [2.05, 4.69) is 11.7 Å². The van der Waals surface area contributed by atoms with Gasteiger partial charge in [0, 0.05) is 24.8 Å². The van der Waals surface area contributed by atoms with Gasteiger partial charge in [-0.2, -0.15) is 5.10 Å². The van der Waals surface area contributed by atoms with Crippen LogP contribution in [0.5, 0.6) is 11.5 Å². The Morgan fingerprint density at radius 3 is 2.47 bits per heavy atom. The van der Waals surface area contributed by atoms with Crippen LogP contribution in [0.3, 0.4) is 0 Å². The summed E-state index contributed by atoms with van der Waals surface area (Å²) in [6.07, 6.45) is 3.73. The third-order valence-electron chi connectivity index (χ3n) is 5.13. The van der Waals surface area contributed by atoms with Crippen molar-refractivity contribution >= 4 is 11.8 Å². The molecule has 3 aromatic rings. The van der Waals surface area contributed by atoms with Gasteiger partial charge in [0.05, 0.1) is 11.6 Å². The second-order valence-electron chi connectivity index (χ2n) is 7.11. The highest BCUT2D eigenvalue weighted by Crippen LogP contribution is 2.29. The number of carbonyl (C=O) groups is 2. The average molecular weight is 402 g/mol. The standard InChI is InChI=1S/C23H22N4O3/c1-2-21(28)26-13-12-17(14-26)27-15-20(23(24)29)22(25-27)16-8-10-19(11-9-16)30-18-6-4-3-5-7-18/h2-11,15,17H,1,12-14H2,(H2,24,29)/t17-/m1/s1. The molecule has 1 fully saturated rings. The van der Waals surface area contributed by atoms with Crippen molar-refractivity contribution < 1.29 is 14.3 Å². The van der Waals surface area contributed by atoms with Crippen LogP contribution in [0.25, 0.3) is 11.3 Å². The SMILES string of the molecule is C=CC(=O)N1CC[C@@H](n2cc(C(N)=O)c(-c3ccc(Oc4ccccc4)cc3)n2)C1. The fourth-order valence-electron chi connectivity index (χ4n) is 3.56. The molecule has 7 nitrogen and oxygen atoms in total. The number of rotatable bonds is 6. The number of para-hydroxylation sites is 1. The molecule has 2 aromatic carbocycles. The second kappa shape index (κ2) is 8.24. The van der Waals surface area contributed by atoms with E-state index in [1.807, 2.05) is 54.6 Å². The Morgan fingerprint density at radius 1 is 1.10 bits per heavy atom. The molecule has 1 aliphatic rings. The molecule has 0 spiro atoms. The molecule has 1 saturated heterocycles. The highest BCUT2D eigenvalue weighted by atomic mass is 16.5. The summed E-state index contributed by atoms with van der Waals surface area (Å²) >= 11 is 0. The van der Waals surface area contributed by atoms with Crippen molar-refractivity contribution in [3.05, 3.63) is 79.0 Å². The van der Waals surface area contributed by atoms with Gasteiger partial charge in [-0.05, 0) is 48.9 Å². The summed E-state index contributed by atoms with van der Waals surface area (Å²) < 4.78 is 7.55. The van der Waals surface area contributed by atoms with Gasteiger partial charge in [-0.25, -0.2) is 0 Å². The zero-order chi connectivity index (χ0) is 21.1. The van der Waals surface area contributed by atoms with Crippen LogP contribution in [0.1, 0.15) is 22.8 Å². The fourth-order valence-corrected chi connectivity index (χ4v) is 3.56. The van der Waals surface area contributed by atoms with E-state index < -0.39 is 5.91 Å². The van der Waals surface area contributed by atoms with Crippen LogP contribution in [0, 0.1) is 0 Å². The molecule has 1 aromatic heterocycles. The van der Waals surface area contributed by atoms with Crippen LogP contribution < -0.4 is 10.5 Å². The minimum Gasteiger partial charge on any atom is -0.457 e. The number of amides is 2. The summed E-state index contributed by atoms with van der Waals surface area (Å²) in [7, 11) is 0. The molecule has 2 amide bonds. The number of ether oxygens (including phenoxy) is 1. The van der Waals surface area contributed by atoms with Gasteiger partial charge in [0.25, 0.3) is 5.91 Å². The zero-order valence-electron chi connectivity index (χ0n) is 16.4. The van der Waals surface area contributed by atoms with Gasteiger partial charge < -0.3 is 15.4 Å². The first-order valence-corrected chi connectivity index (χ1v) is 9.69. The van der Waals surface area contributed by atoms with Gasteiger partial charge in [0.1, 0.15) is 17.2 Å². The number of aromatic nitrogens is 2. The smallest absolute Gasteiger partial charge is 0.252 e. The van der Waals surface area contributed by atoms with Crippen molar-refractivity contribution in [2.75, 3.05) is 13.1 Å². The van der Waals surface area contributed by atoms with E-state index in [4.69, 9.17) is 10.5 Å². The Kier molecular flexibility index (Phi) is 5.34. The lowest BCUT2D eigenvalue weighted by atomic mass is 10.1. The van der Waals surface area contributed by atoms with Crippen molar-refractivity contribution in [1.82, 2.24) is 14.7 Å². The molecular weight excluding hydrogens is 380 g/mol. The molecule has 0 radical (unpaired) electrons. The van der Waals surface area contributed by atoms with Crippen molar-refractivity contribution in [3.8, 4) is 22.8 Å². The first-order valence-electron chi connectivity index (χ1n) is 9.69. The van der Waals surface area contributed by atoms with Crippen LogP contribution in [0.15, 0.2) is 73.4 Å². The summed E-state index contributed by atoms with van der Waals surface area (Å²) in [5.41, 5.74) is 7.23. The number of nitrogens with zero attached hydrogens (tertiary/aromatic N) is 3. The Labute approximate surface area is 174 Å². The largest absolute Gasteiger partial charge is 0.457 e. The summed E-state index contributed by atoms with van der Waals surface area (Å²) in [6.45, 7) is 4.68. The van der Waals surface area contributed by atoms with E-state index in [-0.39, 0.29) is 11.9 Å². The Balaban J connectivity index is 1.57. The fraction of sp³-hybridized carbons (Fsp3) is 0.174. The topological polar surface area (TPSA) is 90.5 Å². The summed E-state index contributed by atoms with van der Waals surface area (Å²) in [5, 5.41) is 4.63. The van der Waals surface area contributed by atoms with Crippen LogP contribution in [0.4, 0.5) is 0 Å². The maximum absolute atomic E-state index is 12.0. The predicted octanol–water partition coefficient (Wildman–Crippen LogP) is 3.40. The molecule has 2 N–H and O–H groups in total. The van der Waals surface area contributed by atoms with Gasteiger partial charge in [0.15, 0.2) is 0 Å². The van der Waals surface area contributed by atoms with Crippen LogP contribution >= 0.6 is 0 Å². The molecule has 1 atom stereocenters. The van der Waals surface area contributed by atoms with E-state index in [1.54, 1.807) is 15.8 Å². The van der Waals surface area contributed by atoms with Gasteiger partial charge >= 0.3 is 0 Å². The second-order valence-corrected chi connectivity index (χ2v) is 7.11. The first kappa shape index (κ1) is 19.4. The van der Waals surface area contributed by atoms with Crippen molar-refractivity contribution in [3.63, 3.8) is 0 Å². The van der Waals surface area contributed by atoms with Gasteiger partial charge in [-0.1, -0.05) is 24.8 Å². The number of hydrogen-bond acceptors (Lipinski definition) is 4. The molecule has 7 heteroatoms. The van der Waals surface area contributed by atoms with E-state index in [9.17, 15) is 9.59 Å². The normalized spacial score (nSPS) is 15.7. The van der Waals surface area contributed by atoms with Gasteiger partial charge in [0.2, 0.25) is 5.91 Å². The van der Waals surface area contributed by atoms with E-state index in [1.165, 1.54) is 6.08 Å². The van der Waals surface area contributed by atoms with E-state index >= 15 is 0 Å². The summed E-state index contributed by atoms with van der Waals surface area (Å²) in [4.78, 5) is 25.6. The van der Waals surface area contributed by atoms with Crippen LogP contribution in [-0.4, -0.2) is 39.6 Å². The Bertz CT molecular complexity index is 1070. The lowest BCUT2D eigenvalue weighted by Crippen LogP contribution is -2.27. The average Bonchev–Trinajstić information content (AvgIpc) is 3.42. The minimum atomic E-state index is -0.544. The quantitative estimate of drug-likeness (QED) is 0.640. The number of likely N-dealkylation sites (tertiary alicyclic amines) is 1. The zero-order valence-corrected chi connectivity index (χ0v) is 16.4. The Hall–Kier alpha value is -3.87. The molecule has 4 rings (SSSR count). The molecule has 0 unspecified atom stereocenters. The van der Waals surface area contributed by atoms with Crippen molar-refractivity contribution in [2.24, 2.45) is 5.73 Å². The maximum atomic E-state index is 12.0. The third-order valence-corrected chi connectivity index (χ3v) is 5.13. The van der Waals surface area contributed by atoms with Gasteiger partial charge in [-0.15, -0.1) is 0 Å². The molecule has 0 saturated carbocycles. The third kappa shape index (κ3) is 3.96. The number of primary amides is 1. The van der Waals surface area contributed by atoms with E-state index in [0.717, 1.165) is 17.7 Å². The summed E-state index contributed by atoms with van der Waals surface area (Å²) in [6, 6.07) is 16.8. The van der Waals surface area contributed by atoms with Crippen molar-refractivity contribution in [1.29, 1.82) is 0 Å². The Morgan fingerprint density at radius 2 is 1.80 bits per heavy atom. The summed E-state index contributed by atoms with van der Waals surface area (Å²) in [5.74, 6) is 0.776. The number of nitrogens with two attached hydrogens (primary N) is 1. The molecular formula is C23H22N4O3. The lowest BCUT2D eigenvalue weighted by Gasteiger charge is -2.14. The number of benzene rings is 2. The van der Waals surface area contributed by atoms with E-state index in [0.29, 0.717) is 30.1 Å². The van der Waals surface area contributed by atoms with Crippen molar-refractivity contribution in [2.45, 2.75) is 12.5 Å². The lowest BCUT2D eigenvalue weighted by molar-refractivity contribution is -0.125. The molecule has 0 aliphatic carbocycles. The maximum Gasteiger partial charge on any atom is 0.252 e. The molecule has 152 valence electrons. The van der Waals surface area contributed by atoms with Crippen LogP contribution in [-0.2, 0) is 4.79 Å². The highest BCUT2D eigenvalue weighted by molar-refractivity contribution is 5.98.